The molecule has 1 heterocycles. The Hall–Kier alpha value is -2.69. The summed E-state index contributed by atoms with van der Waals surface area (Å²) in [7, 11) is -2.55. The van der Waals surface area contributed by atoms with E-state index in [0.717, 1.165) is 47.8 Å². The molecule has 0 spiro atoms. The Morgan fingerprint density at radius 3 is 0.821 bits per heavy atom. The first kappa shape index (κ1) is 99.4. The van der Waals surface area contributed by atoms with Crippen LogP contribution in [-0.2, 0) is 98.0 Å². The monoisotopic (exact) mass is 1540 g/mol. The van der Waals surface area contributed by atoms with Crippen molar-refractivity contribution in [1.82, 2.24) is 15.0 Å². The number of benzene rings is 1. The molecule has 24 nitrogen and oxygen atoms in total. The van der Waals surface area contributed by atoms with Crippen molar-refractivity contribution >= 4 is 7.37 Å². The molecule has 0 saturated heterocycles. The van der Waals surface area contributed by atoms with Crippen LogP contribution in [0, 0.1) is 0 Å². The summed E-state index contributed by atoms with van der Waals surface area (Å²) >= 11 is 0. The molecule has 0 fully saturated rings. The average molecular weight is 1540 g/mol. The fourth-order valence-electron chi connectivity index (χ4n) is 11.1. The maximum Gasteiger partial charge on any atom is 0.203 e. The van der Waals surface area contributed by atoms with Crippen LogP contribution in [0.5, 0.6) is 17.2 Å². The maximum absolute atomic E-state index is 12.0. The highest BCUT2D eigenvalue weighted by Crippen LogP contribution is 2.42. The van der Waals surface area contributed by atoms with Gasteiger partial charge in [-0.2, -0.15) is 0 Å². The summed E-state index contributed by atoms with van der Waals surface area (Å²) in [5, 5.41) is 8.92. The van der Waals surface area contributed by atoms with Crippen molar-refractivity contribution in [3.8, 4) is 17.2 Å². The third-order valence-corrected chi connectivity index (χ3v) is 18.9. The summed E-state index contributed by atoms with van der Waals surface area (Å²) in [5.41, 5.74) is 1.79. The van der Waals surface area contributed by atoms with Crippen LogP contribution in [0.4, 0.5) is 0 Å². The quantitative estimate of drug-likeness (QED) is 0.0442. The van der Waals surface area contributed by atoms with Gasteiger partial charge in [0.05, 0.1) is 251 Å². The predicted octanol–water partition coefficient (Wildman–Crippen LogP) is 15.9. The largest absolute Gasteiger partial charge is 0.490 e. The Morgan fingerprint density at radius 1 is 0.302 bits per heavy atom. The summed E-state index contributed by atoms with van der Waals surface area (Å²) in [4.78, 5) is 0. The van der Waals surface area contributed by atoms with E-state index in [1.807, 2.05) is 17.8 Å². The van der Waals surface area contributed by atoms with E-state index in [2.05, 4.69) is 43.2 Å². The number of ether oxygens (including phenoxy) is 19. The second kappa shape index (κ2) is 80.4. The summed E-state index contributed by atoms with van der Waals surface area (Å²) in [5.74, 6) is 2.26. The molecule has 0 saturated carbocycles. The van der Waals surface area contributed by atoms with Crippen LogP contribution in [0.2, 0.25) is 0 Å². The fourth-order valence-corrected chi connectivity index (χ4v) is 12.2. The molecule has 0 aliphatic heterocycles. The van der Waals surface area contributed by atoms with E-state index in [9.17, 15) is 4.57 Å². The van der Waals surface area contributed by atoms with Crippen LogP contribution in [0.1, 0.15) is 232 Å². The Balaban J connectivity index is 1.48. The molecule has 25 heteroatoms. The van der Waals surface area contributed by atoms with Crippen molar-refractivity contribution in [2.75, 3.05) is 244 Å². The standard InChI is InChI=1S/C81H154N3O21P/c1-6-10-13-16-19-22-25-28-31-34-37-102-79-72-77(73-80(103-38-35-32-29-26-23-20-17-14-11-7-2)81(79)104-39-36-33-30-27-24-21-18-15-12-8-3)74-84-75-78(82-83-84)76-101-69-68-99-65-64-97-61-60-95-57-56-93-53-52-91-49-48-89-45-44-87-41-40-86-42-43-88-46-47-90-50-51-92-54-55-94-58-59-96-62-63-98-66-67-100-70-71-106(5,85)105-9-4/h72-73,75H,6-71,74,76H2,1-5H3. The predicted molar refractivity (Wildman–Crippen MR) is 420 cm³/mol. The van der Waals surface area contributed by atoms with Crippen molar-refractivity contribution < 1.29 is 99.1 Å². The molecule has 1 aromatic heterocycles. The second-order valence-corrected chi connectivity index (χ2v) is 29.5. The summed E-state index contributed by atoms with van der Waals surface area (Å²) in [6, 6.07) is 4.25. The molecule has 0 aliphatic rings. The van der Waals surface area contributed by atoms with Gasteiger partial charge in [0.2, 0.25) is 13.1 Å². The van der Waals surface area contributed by atoms with Crippen LogP contribution in [0.15, 0.2) is 18.3 Å². The van der Waals surface area contributed by atoms with Crippen LogP contribution in [0.25, 0.3) is 0 Å². The van der Waals surface area contributed by atoms with Crippen molar-refractivity contribution in [2.45, 2.75) is 233 Å². The lowest BCUT2D eigenvalue weighted by Gasteiger charge is -2.19. The Bertz CT molecular complexity index is 2100. The van der Waals surface area contributed by atoms with Gasteiger partial charge in [0, 0.05) is 12.8 Å². The van der Waals surface area contributed by atoms with E-state index in [-0.39, 0.29) is 0 Å². The van der Waals surface area contributed by atoms with Gasteiger partial charge in [-0.15, -0.1) is 5.10 Å². The molecule has 0 bridgehead atoms. The molecule has 0 radical (unpaired) electrons. The van der Waals surface area contributed by atoms with Gasteiger partial charge in [0.1, 0.15) is 5.69 Å². The summed E-state index contributed by atoms with van der Waals surface area (Å²) in [6.07, 6.45) is 40.8. The van der Waals surface area contributed by atoms with E-state index in [1.54, 1.807) is 6.66 Å². The zero-order valence-corrected chi connectivity index (χ0v) is 68.6. The van der Waals surface area contributed by atoms with Crippen LogP contribution in [0.3, 0.4) is 0 Å². The molecule has 1 aromatic carbocycles. The molecule has 2 aromatic rings. The van der Waals surface area contributed by atoms with Crippen LogP contribution in [-0.4, -0.2) is 259 Å². The van der Waals surface area contributed by atoms with Gasteiger partial charge in [-0.25, -0.2) is 4.68 Å². The molecule has 0 amide bonds. The molecule has 0 N–H and O–H groups in total. The van der Waals surface area contributed by atoms with Crippen molar-refractivity contribution in [3.05, 3.63) is 29.6 Å². The zero-order valence-electron chi connectivity index (χ0n) is 67.7. The van der Waals surface area contributed by atoms with Crippen molar-refractivity contribution in [1.29, 1.82) is 0 Å². The van der Waals surface area contributed by atoms with E-state index >= 15 is 0 Å². The Kier molecular flexibility index (Phi) is 75.3. The topological polar surface area (TPSA) is 232 Å². The first-order valence-corrected chi connectivity index (χ1v) is 44.1. The van der Waals surface area contributed by atoms with E-state index in [1.165, 1.54) is 173 Å². The van der Waals surface area contributed by atoms with Gasteiger partial charge in [-0.3, -0.25) is 4.57 Å². The fraction of sp³-hybridized carbons (Fsp3) is 0.901. The number of hydrogen-bond acceptors (Lipinski definition) is 23. The highest BCUT2D eigenvalue weighted by atomic mass is 31.2. The third-order valence-electron chi connectivity index (χ3n) is 17.1. The molecular weight excluding hydrogens is 1380 g/mol. The van der Waals surface area contributed by atoms with Crippen molar-refractivity contribution in [3.63, 3.8) is 0 Å². The van der Waals surface area contributed by atoms with Gasteiger partial charge in [0.15, 0.2) is 11.5 Å². The summed E-state index contributed by atoms with van der Waals surface area (Å²) < 4.78 is 128. The smallest absolute Gasteiger partial charge is 0.203 e. The van der Waals surface area contributed by atoms with Gasteiger partial charge in [-0.05, 0) is 43.9 Å². The Labute approximate surface area is 643 Å². The van der Waals surface area contributed by atoms with Gasteiger partial charge in [0.25, 0.3) is 0 Å². The lowest BCUT2D eigenvalue weighted by Crippen LogP contribution is -2.16. The number of nitrogens with zero attached hydrogens (tertiary/aromatic N) is 3. The number of hydrogen-bond donors (Lipinski definition) is 0. The molecule has 1 unspecified atom stereocenters. The molecule has 624 valence electrons. The number of aromatic nitrogens is 3. The van der Waals surface area contributed by atoms with Crippen LogP contribution < -0.4 is 14.2 Å². The zero-order chi connectivity index (χ0) is 75.7. The Morgan fingerprint density at radius 2 is 0.547 bits per heavy atom. The molecule has 2 rings (SSSR count). The minimum absolute atomic E-state index is 0.336. The third kappa shape index (κ3) is 68.1. The molecule has 1 atom stereocenters. The second-order valence-electron chi connectivity index (χ2n) is 26.8. The molecule has 0 aliphatic carbocycles. The summed E-state index contributed by atoms with van der Waals surface area (Å²) in [6.45, 7) is 28.2. The lowest BCUT2D eigenvalue weighted by molar-refractivity contribution is -0.0304. The SMILES string of the molecule is CCCCCCCCCCCCOc1cc(Cn2cc(COCCOCCOCCOCCOCCOCCOCCOCCOCCOCCOCCOCCOCCOCCOCCOCCP(C)(=O)OCC)nn2)cc(OCCCCCCCCCCCC)c1OCCCCCCCCCCCC. The number of rotatable bonds is 90. The highest BCUT2D eigenvalue weighted by molar-refractivity contribution is 7.58. The first-order valence-electron chi connectivity index (χ1n) is 41.8. The highest BCUT2D eigenvalue weighted by Gasteiger charge is 2.18. The van der Waals surface area contributed by atoms with Gasteiger partial charge < -0.3 is 94.5 Å². The normalized spacial score (nSPS) is 12.3. The molecular formula is C81H154N3O21P. The first-order chi connectivity index (χ1) is 52.4. The maximum atomic E-state index is 12.0. The van der Waals surface area contributed by atoms with Crippen LogP contribution >= 0.6 is 7.37 Å². The van der Waals surface area contributed by atoms with Crippen molar-refractivity contribution in [2.24, 2.45) is 0 Å². The van der Waals surface area contributed by atoms with E-state index in [4.69, 9.17) is 94.5 Å². The van der Waals surface area contributed by atoms with Gasteiger partial charge in [-0.1, -0.05) is 199 Å². The number of unbranched alkanes of at least 4 members (excludes halogenated alkanes) is 27. The minimum Gasteiger partial charge on any atom is -0.490 e. The van der Waals surface area contributed by atoms with E-state index < -0.39 is 7.37 Å². The average Bonchev–Trinajstić information content (AvgIpc) is 1.13. The van der Waals surface area contributed by atoms with E-state index in [0.29, 0.717) is 251 Å². The van der Waals surface area contributed by atoms with Gasteiger partial charge >= 0.3 is 0 Å². The minimum atomic E-state index is -2.55. The molecule has 106 heavy (non-hydrogen) atoms. The lowest BCUT2D eigenvalue weighted by atomic mass is 10.1.